The Labute approximate surface area is 177 Å². The summed E-state index contributed by atoms with van der Waals surface area (Å²) in [5.74, 6) is -1.35. The van der Waals surface area contributed by atoms with Gasteiger partial charge < -0.3 is 4.57 Å². The molecule has 1 aromatic carbocycles. The van der Waals surface area contributed by atoms with Crippen molar-refractivity contribution in [3.8, 4) is 11.1 Å². The first-order valence-electron chi connectivity index (χ1n) is 9.04. The Balaban J connectivity index is 1.68. The Morgan fingerprint density at radius 3 is 2.63 bits per heavy atom. The molecule has 0 spiro atoms. The fraction of sp³-hybridized carbons (Fsp3) is 0.150. The second-order valence-electron chi connectivity index (χ2n) is 6.95. The number of nitrogens with zero attached hydrogens (tertiary/aromatic N) is 7. The molecule has 0 aliphatic rings. The molecule has 7 nitrogen and oxygen atoms in total. The zero-order valence-electron chi connectivity index (χ0n) is 15.9. The lowest BCUT2D eigenvalue weighted by atomic mass is 10.0. The average molecular weight is 470 g/mol. The van der Waals surface area contributed by atoms with Crippen LogP contribution in [-0.4, -0.2) is 34.3 Å². The fourth-order valence-electron chi connectivity index (χ4n) is 3.54. The van der Waals surface area contributed by atoms with Crippen LogP contribution in [0.2, 0.25) is 0 Å². The van der Waals surface area contributed by atoms with Gasteiger partial charge in [-0.1, -0.05) is 0 Å². The Hall–Kier alpha value is -3.27. The first-order valence-corrected chi connectivity index (χ1v) is 9.83. The molecule has 4 aromatic heterocycles. The van der Waals surface area contributed by atoms with Gasteiger partial charge in [0, 0.05) is 47.6 Å². The van der Waals surface area contributed by atoms with E-state index in [0.29, 0.717) is 21.5 Å². The predicted molar refractivity (Wildman–Crippen MR) is 111 cm³/mol. The Morgan fingerprint density at radius 2 is 1.87 bits per heavy atom. The van der Waals surface area contributed by atoms with Gasteiger partial charge in [-0.25, -0.2) is 23.7 Å². The molecule has 4 heterocycles. The van der Waals surface area contributed by atoms with Gasteiger partial charge in [0.2, 0.25) is 0 Å². The average Bonchev–Trinajstić information content (AvgIpc) is 3.33. The van der Waals surface area contributed by atoms with Crippen LogP contribution in [0.5, 0.6) is 0 Å². The van der Waals surface area contributed by atoms with E-state index in [0.717, 1.165) is 5.56 Å². The maximum Gasteiger partial charge on any atom is 0.197 e. The van der Waals surface area contributed by atoms with Gasteiger partial charge in [-0.2, -0.15) is 5.10 Å². The second-order valence-corrected chi connectivity index (χ2v) is 7.76. The molecular weight excluding hydrogens is 456 g/mol. The van der Waals surface area contributed by atoms with Gasteiger partial charge in [-0.15, -0.1) is 0 Å². The van der Waals surface area contributed by atoms with Crippen LogP contribution in [-0.2, 0) is 7.05 Å². The molecule has 10 heteroatoms. The molecule has 5 rings (SSSR count). The van der Waals surface area contributed by atoms with Crippen molar-refractivity contribution in [1.29, 1.82) is 0 Å². The number of hydrogen-bond donors (Lipinski definition) is 0. The normalized spacial score (nSPS) is 12.7. The standard InChI is InChI=1S/C20H14BrF2N7/c1-10(30-9-26-19-20(30)28-16(21)7-25-19)17-14(22)4-15-13(18(17)23)3-11(5-24-15)12-6-27-29(2)8-12/h3-10H,1-2H3. The van der Waals surface area contributed by atoms with E-state index < -0.39 is 17.7 Å². The number of benzene rings is 1. The van der Waals surface area contributed by atoms with Gasteiger partial charge >= 0.3 is 0 Å². The number of halogens is 3. The van der Waals surface area contributed by atoms with Crippen LogP contribution in [0.1, 0.15) is 18.5 Å². The van der Waals surface area contributed by atoms with Crippen LogP contribution in [0.25, 0.3) is 33.3 Å². The van der Waals surface area contributed by atoms with E-state index in [9.17, 15) is 4.39 Å². The summed E-state index contributed by atoms with van der Waals surface area (Å²) in [6.45, 7) is 1.69. The van der Waals surface area contributed by atoms with E-state index in [2.05, 4.69) is 41.0 Å². The SMILES string of the molecule is CC(c1c(F)cc2ncc(-c3cnn(C)c3)cc2c1F)n1cnc2ncc(Br)nc21. The van der Waals surface area contributed by atoms with Crippen LogP contribution >= 0.6 is 15.9 Å². The molecule has 150 valence electrons. The molecule has 30 heavy (non-hydrogen) atoms. The third-order valence-electron chi connectivity index (χ3n) is 5.04. The van der Waals surface area contributed by atoms with E-state index in [1.165, 1.54) is 18.6 Å². The van der Waals surface area contributed by atoms with E-state index in [-0.39, 0.29) is 16.5 Å². The maximum atomic E-state index is 15.6. The molecule has 0 fully saturated rings. The molecule has 0 saturated carbocycles. The molecule has 0 amide bonds. The van der Waals surface area contributed by atoms with Crippen LogP contribution in [0.4, 0.5) is 8.78 Å². The molecule has 0 bridgehead atoms. The first kappa shape index (κ1) is 18.7. The van der Waals surface area contributed by atoms with Crippen molar-refractivity contribution in [2.75, 3.05) is 0 Å². The molecule has 1 unspecified atom stereocenters. The van der Waals surface area contributed by atoms with Gasteiger partial charge in [0.25, 0.3) is 0 Å². The number of imidazole rings is 1. The minimum atomic E-state index is -0.704. The van der Waals surface area contributed by atoms with Crippen molar-refractivity contribution in [1.82, 2.24) is 34.3 Å². The maximum absolute atomic E-state index is 15.6. The number of fused-ring (bicyclic) bond motifs is 2. The monoisotopic (exact) mass is 469 g/mol. The molecule has 0 aliphatic carbocycles. The number of aromatic nitrogens is 7. The van der Waals surface area contributed by atoms with E-state index in [1.807, 2.05) is 6.20 Å². The molecule has 0 radical (unpaired) electrons. The van der Waals surface area contributed by atoms with E-state index in [1.54, 1.807) is 41.7 Å². The first-order chi connectivity index (χ1) is 14.4. The Morgan fingerprint density at radius 1 is 1.03 bits per heavy atom. The highest BCUT2D eigenvalue weighted by molar-refractivity contribution is 9.10. The number of pyridine rings is 1. The highest BCUT2D eigenvalue weighted by Crippen LogP contribution is 2.32. The van der Waals surface area contributed by atoms with Crippen molar-refractivity contribution in [2.24, 2.45) is 7.05 Å². The molecule has 5 aromatic rings. The number of aryl methyl sites for hydroxylation is 1. The minimum Gasteiger partial charge on any atom is -0.306 e. The van der Waals surface area contributed by atoms with Gasteiger partial charge in [-0.3, -0.25) is 9.67 Å². The summed E-state index contributed by atoms with van der Waals surface area (Å²) in [6, 6.07) is 2.20. The highest BCUT2D eigenvalue weighted by Gasteiger charge is 2.23. The summed E-state index contributed by atoms with van der Waals surface area (Å²) in [5, 5.41) is 4.37. The van der Waals surface area contributed by atoms with E-state index in [4.69, 9.17) is 0 Å². The lowest BCUT2D eigenvalue weighted by Gasteiger charge is -2.17. The summed E-state index contributed by atoms with van der Waals surface area (Å²) in [7, 11) is 1.80. The van der Waals surface area contributed by atoms with Crippen molar-refractivity contribution < 1.29 is 8.78 Å². The van der Waals surface area contributed by atoms with Crippen LogP contribution in [0.15, 0.2) is 47.9 Å². The van der Waals surface area contributed by atoms with Gasteiger partial charge in [0.1, 0.15) is 16.2 Å². The summed E-state index contributed by atoms with van der Waals surface area (Å²) < 4.78 is 34.3. The van der Waals surface area contributed by atoms with Gasteiger partial charge in [0.15, 0.2) is 11.3 Å². The summed E-state index contributed by atoms with van der Waals surface area (Å²) in [6.07, 6.45) is 8.06. The van der Waals surface area contributed by atoms with Crippen molar-refractivity contribution in [2.45, 2.75) is 13.0 Å². The largest absolute Gasteiger partial charge is 0.306 e. The minimum absolute atomic E-state index is 0.0892. The van der Waals surface area contributed by atoms with E-state index >= 15 is 4.39 Å². The number of rotatable bonds is 3. The summed E-state index contributed by atoms with van der Waals surface area (Å²) >= 11 is 3.27. The Kier molecular flexibility index (Phi) is 4.31. The molecule has 1 atom stereocenters. The predicted octanol–water partition coefficient (Wildman–Crippen LogP) is 4.43. The molecule has 0 aliphatic heterocycles. The van der Waals surface area contributed by atoms with Crippen LogP contribution < -0.4 is 0 Å². The number of hydrogen-bond acceptors (Lipinski definition) is 5. The third-order valence-corrected chi connectivity index (χ3v) is 5.42. The lowest BCUT2D eigenvalue weighted by Crippen LogP contribution is -2.11. The Bertz CT molecular complexity index is 1430. The van der Waals surface area contributed by atoms with Crippen molar-refractivity contribution >= 4 is 38.1 Å². The zero-order chi connectivity index (χ0) is 21.0. The molecular formula is C20H14BrF2N7. The fourth-order valence-corrected chi connectivity index (χ4v) is 3.81. The quantitative estimate of drug-likeness (QED) is 0.390. The topological polar surface area (TPSA) is 74.3 Å². The van der Waals surface area contributed by atoms with Crippen molar-refractivity contribution in [3.63, 3.8) is 0 Å². The van der Waals surface area contributed by atoms with Crippen LogP contribution in [0.3, 0.4) is 0 Å². The summed E-state index contributed by atoms with van der Waals surface area (Å²) in [4.78, 5) is 17.0. The van der Waals surface area contributed by atoms with Gasteiger partial charge in [0.05, 0.1) is 30.3 Å². The van der Waals surface area contributed by atoms with Gasteiger partial charge in [-0.05, 0) is 28.9 Å². The third kappa shape index (κ3) is 2.95. The molecule has 0 N–H and O–H groups in total. The second kappa shape index (κ2) is 6.91. The lowest BCUT2D eigenvalue weighted by molar-refractivity contribution is 0.517. The van der Waals surface area contributed by atoms with Crippen molar-refractivity contribution in [3.05, 3.63) is 65.0 Å². The van der Waals surface area contributed by atoms with Crippen LogP contribution in [0, 0.1) is 11.6 Å². The summed E-state index contributed by atoms with van der Waals surface area (Å²) in [5.41, 5.74) is 2.47. The zero-order valence-corrected chi connectivity index (χ0v) is 17.5. The highest BCUT2D eigenvalue weighted by atomic mass is 79.9. The smallest absolute Gasteiger partial charge is 0.197 e. The molecule has 0 saturated heterocycles.